The zero-order chi connectivity index (χ0) is 12.0. The van der Waals surface area contributed by atoms with Crippen LogP contribution in [-0.4, -0.2) is 58.5 Å². The molecule has 16 heavy (non-hydrogen) atoms. The second-order valence-electron chi connectivity index (χ2n) is 3.45. The number of rotatable bonds is 5. The van der Waals surface area contributed by atoms with Gasteiger partial charge in [-0.1, -0.05) is 6.92 Å². The highest BCUT2D eigenvalue weighted by atomic mass is 32.2. The first-order chi connectivity index (χ1) is 7.55. The van der Waals surface area contributed by atoms with E-state index in [2.05, 4.69) is 14.8 Å². The lowest BCUT2D eigenvalue weighted by molar-refractivity contribution is -0.130. The monoisotopic (exact) mass is 250 g/mol. The molecule has 1 heterocycles. The summed E-state index contributed by atoms with van der Waals surface area (Å²) in [5.41, 5.74) is 0. The first-order valence-corrected chi connectivity index (χ1v) is 6.76. The Morgan fingerprint density at radius 2 is 1.94 bits per heavy atom. The van der Waals surface area contributed by atoms with E-state index in [1.165, 1.54) is 0 Å². The van der Waals surface area contributed by atoms with Crippen molar-refractivity contribution in [1.29, 1.82) is 0 Å². The highest BCUT2D eigenvalue weighted by molar-refractivity contribution is 7.87. The molecule has 94 valence electrons. The molecule has 8 heteroatoms. The number of nitrogens with zero attached hydrogens (tertiary/aromatic N) is 1. The molecule has 0 unspecified atom stereocenters. The fraction of sp³-hybridized carbons (Fsp3) is 0.875. The predicted octanol–water partition coefficient (Wildman–Crippen LogP) is -2.14. The van der Waals surface area contributed by atoms with Gasteiger partial charge < -0.3 is 10.2 Å². The molecule has 1 aliphatic rings. The molecular weight excluding hydrogens is 232 g/mol. The molecule has 3 N–H and O–H groups in total. The third-order valence-electron chi connectivity index (χ3n) is 2.22. The molecule has 1 rings (SSSR count). The minimum absolute atomic E-state index is 0.185. The Morgan fingerprint density at radius 3 is 2.50 bits per heavy atom. The lowest BCUT2D eigenvalue weighted by Gasteiger charge is -2.27. The van der Waals surface area contributed by atoms with Gasteiger partial charge in [0.25, 0.3) is 10.2 Å². The van der Waals surface area contributed by atoms with Crippen LogP contribution in [0.4, 0.5) is 0 Å². The molecule has 0 saturated carbocycles. The van der Waals surface area contributed by atoms with Crippen LogP contribution in [0.25, 0.3) is 0 Å². The van der Waals surface area contributed by atoms with Gasteiger partial charge in [0.2, 0.25) is 5.91 Å². The van der Waals surface area contributed by atoms with E-state index in [9.17, 15) is 13.2 Å². The summed E-state index contributed by atoms with van der Waals surface area (Å²) in [7, 11) is -3.53. The molecule has 0 aliphatic carbocycles. The topological polar surface area (TPSA) is 90.5 Å². The van der Waals surface area contributed by atoms with Gasteiger partial charge in [-0.2, -0.15) is 13.1 Å². The summed E-state index contributed by atoms with van der Waals surface area (Å²) in [5.74, 6) is -0.192. The summed E-state index contributed by atoms with van der Waals surface area (Å²) in [6.07, 6.45) is 0. The largest absolute Gasteiger partial charge is 0.339 e. The molecule has 0 aromatic rings. The molecule has 1 saturated heterocycles. The average Bonchev–Trinajstić information content (AvgIpc) is 2.27. The minimum atomic E-state index is -3.53. The van der Waals surface area contributed by atoms with Gasteiger partial charge in [-0.15, -0.1) is 0 Å². The predicted molar refractivity (Wildman–Crippen MR) is 60.0 cm³/mol. The number of hydrogen-bond acceptors (Lipinski definition) is 4. The van der Waals surface area contributed by atoms with Crippen molar-refractivity contribution in [3.05, 3.63) is 0 Å². The van der Waals surface area contributed by atoms with Gasteiger partial charge in [-0.25, -0.2) is 4.72 Å². The SMILES string of the molecule is CCNS(=O)(=O)NCC(=O)N1CCNCC1. The molecule has 0 aromatic carbocycles. The van der Waals surface area contributed by atoms with Crippen LogP contribution in [0.15, 0.2) is 0 Å². The normalized spacial score (nSPS) is 17.4. The maximum atomic E-state index is 11.6. The summed E-state index contributed by atoms with van der Waals surface area (Å²) >= 11 is 0. The third kappa shape index (κ3) is 4.44. The number of nitrogens with one attached hydrogen (secondary N) is 3. The molecule has 1 aliphatic heterocycles. The summed E-state index contributed by atoms with van der Waals surface area (Å²) in [5, 5.41) is 3.12. The number of amides is 1. The van der Waals surface area contributed by atoms with Gasteiger partial charge in [0.05, 0.1) is 6.54 Å². The Kier molecular flexibility index (Phi) is 5.13. The summed E-state index contributed by atoms with van der Waals surface area (Å²) in [6.45, 7) is 4.56. The van der Waals surface area contributed by atoms with E-state index in [4.69, 9.17) is 0 Å². The Morgan fingerprint density at radius 1 is 1.31 bits per heavy atom. The Balaban J connectivity index is 2.34. The van der Waals surface area contributed by atoms with Crippen LogP contribution in [0.5, 0.6) is 0 Å². The minimum Gasteiger partial charge on any atom is -0.339 e. The molecule has 0 radical (unpaired) electrons. The van der Waals surface area contributed by atoms with Gasteiger partial charge in [-0.3, -0.25) is 4.79 Å². The average molecular weight is 250 g/mol. The summed E-state index contributed by atoms with van der Waals surface area (Å²) in [4.78, 5) is 13.2. The zero-order valence-corrected chi connectivity index (χ0v) is 10.1. The second kappa shape index (κ2) is 6.14. The van der Waals surface area contributed by atoms with E-state index in [1.54, 1.807) is 11.8 Å². The van der Waals surface area contributed by atoms with Crippen molar-refractivity contribution in [1.82, 2.24) is 19.7 Å². The van der Waals surface area contributed by atoms with Crippen LogP contribution in [0.2, 0.25) is 0 Å². The standard InChI is InChI=1S/C8H18N4O3S/c1-2-10-16(14,15)11-7-8(13)12-5-3-9-4-6-12/h9-11H,2-7H2,1H3. The van der Waals surface area contributed by atoms with Crippen molar-refractivity contribution in [3.63, 3.8) is 0 Å². The van der Waals surface area contributed by atoms with Crippen LogP contribution in [0.3, 0.4) is 0 Å². The summed E-state index contributed by atoms with van der Waals surface area (Å²) in [6, 6.07) is 0. The first kappa shape index (κ1) is 13.4. The maximum Gasteiger partial charge on any atom is 0.277 e. The van der Waals surface area contributed by atoms with Crippen LogP contribution in [-0.2, 0) is 15.0 Å². The quantitative estimate of drug-likeness (QED) is 0.519. The fourth-order valence-corrected chi connectivity index (χ4v) is 2.22. The number of carbonyl (C=O) groups excluding carboxylic acids is 1. The molecular formula is C8H18N4O3S. The van der Waals surface area contributed by atoms with Gasteiger partial charge in [0.15, 0.2) is 0 Å². The Labute approximate surface area is 95.8 Å². The Hall–Kier alpha value is -0.700. The molecule has 0 bridgehead atoms. The summed E-state index contributed by atoms with van der Waals surface area (Å²) < 4.78 is 26.9. The number of piperazine rings is 1. The third-order valence-corrected chi connectivity index (χ3v) is 3.41. The van der Waals surface area contributed by atoms with Gasteiger partial charge >= 0.3 is 0 Å². The van der Waals surface area contributed by atoms with Crippen molar-refractivity contribution in [2.75, 3.05) is 39.3 Å². The lowest BCUT2D eigenvalue weighted by Crippen LogP contribution is -2.50. The van der Waals surface area contributed by atoms with Crippen LogP contribution in [0, 0.1) is 0 Å². The number of carbonyl (C=O) groups is 1. The molecule has 0 atom stereocenters. The van der Waals surface area contributed by atoms with Crippen LogP contribution >= 0.6 is 0 Å². The molecule has 0 spiro atoms. The van der Waals surface area contributed by atoms with Crippen LogP contribution < -0.4 is 14.8 Å². The highest BCUT2D eigenvalue weighted by Crippen LogP contribution is 1.92. The van der Waals surface area contributed by atoms with Crippen molar-refractivity contribution in [3.8, 4) is 0 Å². The van der Waals surface area contributed by atoms with Crippen molar-refractivity contribution in [2.24, 2.45) is 0 Å². The molecule has 1 fully saturated rings. The van der Waals surface area contributed by atoms with E-state index in [-0.39, 0.29) is 12.5 Å². The fourth-order valence-electron chi connectivity index (χ4n) is 1.42. The number of hydrogen-bond donors (Lipinski definition) is 3. The van der Waals surface area contributed by atoms with Crippen molar-refractivity contribution < 1.29 is 13.2 Å². The Bertz CT molecular complexity index is 324. The molecule has 7 nitrogen and oxygen atoms in total. The van der Waals surface area contributed by atoms with Crippen molar-refractivity contribution >= 4 is 16.1 Å². The van der Waals surface area contributed by atoms with Crippen LogP contribution in [0.1, 0.15) is 6.92 Å². The first-order valence-electron chi connectivity index (χ1n) is 5.28. The van der Waals surface area contributed by atoms with Gasteiger partial charge in [0.1, 0.15) is 0 Å². The highest BCUT2D eigenvalue weighted by Gasteiger charge is 2.17. The smallest absolute Gasteiger partial charge is 0.277 e. The van der Waals surface area contributed by atoms with Gasteiger partial charge in [0, 0.05) is 32.7 Å². The lowest BCUT2D eigenvalue weighted by atomic mass is 10.3. The molecule has 0 aromatic heterocycles. The van der Waals surface area contributed by atoms with E-state index >= 15 is 0 Å². The van der Waals surface area contributed by atoms with E-state index < -0.39 is 10.2 Å². The van der Waals surface area contributed by atoms with E-state index in [0.717, 1.165) is 13.1 Å². The van der Waals surface area contributed by atoms with Crippen molar-refractivity contribution in [2.45, 2.75) is 6.92 Å². The zero-order valence-electron chi connectivity index (χ0n) is 9.32. The van der Waals surface area contributed by atoms with E-state index in [1.807, 2.05) is 0 Å². The van der Waals surface area contributed by atoms with E-state index in [0.29, 0.717) is 19.6 Å². The van der Waals surface area contributed by atoms with Gasteiger partial charge in [-0.05, 0) is 0 Å². The molecule has 1 amide bonds. The maximum absolute atomic E-state index is 11.6. The second-order valence-corrected chi connectivity index (χ2v) is 5.04.